The SMILES string of the molecule is Cc1nn(-c2ccc(Cl)cc2)c2sc(C(=O)OCC(=O)Nc3ccc(N4CCCCC4)cc3)cc12. The average Bonchev–Trinajstić information content (AvgIpc) is 3.45. The minimum absolute atomic E-state index is 0.358. The summed E-state index contributed by atoms with van der Waals surface area (Å²) in [5, 5.41) is 8.87. The van der Waals surface area contributed by atoms with Crippen molar-refractivity contribution in [3.8, 4) is 5.69 Å². The Bertz CT molecular complexity index is 1360. The molecule has 9 heteroatoms. The largest absolute Gasteiger partial charge is 0.451 e. The highest BCUT2D eigenvalue weighted by molar-refractivity contribution is 7.20. The Balaban J connectivity index is 1.20. The van der Waals surface area contributed by atoms with Crippen molar-refractivity contribution in [2.24, 2.45) is 0 Å². The number of piperidine rings is 1. The van der Waals surface area contributed by atoms with Gasteiger partial charge in [-0.2, -0.15) is 5.10 Å². The van der Waals surface area contributed by atoms with Gasteiger partial charge in [-0.05, 0) is 80.8 Å². The van der Waals surface area contributed by atoms with Crippen LogP contribution in [0.2, 0.25) is 5.02 Å². The molecule has 1 aliphatic rings. The summed E-state index contributed by atoms with van der Waals surface area (Å²) in [5.74, 6) is -0.919. The number of esters is 1. The molecule has 7 nitrogen and oxygen atoms in total. The Hall–Kier alpha value is -3.36. The van der Waals surface area contributed by atoms with Crippen LogP contribution in [0.25, 0.3) is 15.9 Å². The molecule has 3 heterocycles. The normalized spacial score (nSPS) is 13.7. The minimum atomic E-state index is -0.538. The summed E-state index contributed by atoms with van der Waals surface area (Å²) in [6, 6.07) is 16.9. The number of halogens is 1. The van der Waals surface area contributed by atoms with Gasteiger partial charge in [0.1, 0.15) is 9.71 Å². The van der Waals surface area contributed by atoms with Gasteiger partial charge in [-0.15, -0.1) is 11.3 Å². The van der Waals surface area contributed by atoms with Crippen LogP contribution in [0.4, 0.5) is 11.4 Å². The summed E-state index contributed by atoms with van der Waals surface area (Å²) < 4.78 is 7.07. The van der Waals surface area contributed by atoms with Gasteiger partial charge in [-0.25, -0.2) is 9.48 Å². The van der Waals surface area contributed by atoms with E-state index in [9.17, 15) is 9.59 Å². The van der Waals surface area contributed by atoms with Crippen LogP contribution in [0.1, 0.15) is 34.6 Å². The molecule has 1 aliphatic heterocycles. The lowest BCUT2D eigenvalue weighted by Crippen LogP contribution is -2.29. The third-order valence-corrected chi connectivity index (χ3v) is 7.37. The zero-order valence-electron chi connectivity index (χ0n) is 19.3. The molecular weight excluding hydrogens is 484 g/mol. The lowest BCUT2D eigenvalue weighted by Gasteiger charge is -2.28. The highest BCUT2D eigenvalue weighted by Crippen LogP contribution is 2.31. The number of aryl methyl sites for hydroxylation is 1. The maximum absolute atomic E-state index is 12.6. The number of aromatic nitrogens is 2. The fourth-order valence-electron chi connectivity index (χ4n) is 4.21. The Morgan fingerprint density at radius 3 is 2.43 bits per heavy atom. The number of rotatable bonds is 6. The Morgan fingerprint density at radius 2 is 1.71 bits per heavy atom. The first kappa shape index (κ1) is 23.4. The van der Waals surface area contributed by atoms with Gasteiger partial charge in [-0.1, -0.05) is 11.6 Å². The molecule has 0 radical (unpaired) electrons. The predicted octanol–water partition coefficient (Wildman–Crippen LogP) is 5.83. The topological polar surface area (TPSA) is 76.5 Å². The van der Waals surface area contributed by atoms with Crippen molar-refractivity contribution in [2.45, 2.75) is 26.2 Å². The van der Waals surface area contributed by atoms with Crippen molar-refractivity contribution in [1.82, 2.24) is 9.78 Å². The molecule has 180 valence electrons. The number of carbonyl (C=O) groups is 2. The summed E-state index contributed by atoms with van der Waals surface area (Å²) in [7, 11) is 0. The van der Waals surface area contributed by atoms with Crippen molar-refractivity contribution in [1.29, 1.82) is 0 Å². The zero-order chi connectivity index (χ0) is 24.4. The van der Waals surface area contributed by atoms with E-state index in [2.05, 4.69) is 15.3 Å². The Labute approximate surface area is 212 Å². The monoisotopic (exact) mass is 508 g/mol. The van der Waals surface area contributed by atoms with Gasteiger partial charge in [0.15, 0.2) is 6.61 Å². The van der Waals surface area contributed by atoms with E-state index in [0.717, 1.165) is 40.4 Å². The second-order valence-corrected chi connectivity index (χ2v) is 9.99. The molecule has 35 heavy (non-hydrogen) atoms. The molecule has 1 N–H and O–H groups in total. The zero-order valence-corrected chi connectivity index (χ0v) is 20.9. The first-order chi connectivity index (χ1) is 17.0. The fraction of sp³-hybridized carbons (Fsp3) is 0.269. The molecule has 0 bridgehead atoms. The van der Waals surface area contributed by atoms with Crippen LogP contribution in [0.5, 0.6) is 0 Å². The minimum Gasteiger partial charge on any atom is -0.451 e. The average molecular weight is 509 g/mol. The van der Waals surface area contributed by atoms with Crippen LogP contribution < -0.4 is 10.2 Å². The van der Waals surface area contributed by atoms with Crippen LogP contribution in [0.15, 0.2) is 54.6 Å². The lowest BCUT2D eigenvalue weighted by atomic mass is 10.1. The number of thiophene rings is 1. The number of nitrogens with one attached hydrogen (secondary N) is 1. The van der Waals surface area contributed by atoms with E-state index in [0.29, 0.717) is 15.6 Å². The van der Waals surface area contributed by atoms with Crippen LogP contribution in [-0.2, 0) is 9.53 Å². The van der Waals surface area contributed by atoms with Crippen molar-refractivity contribution >= 4 is 56.4 Å². The van der Waals surface area contributed by atoms with Gasteiger partial charge < -0.3 is 15.0 Å². The number of amides is 1. The van der Waals surface area contributed by atoms with E-state index in [1.54, 1.807) is 22.9 Å². The maximum Gasteiger partial charge on any atom is 0.348 e. The predicted molar refractivity (Wildman–Crippen MR) is 140 cm³/mol. The summed E-state index contributed by atoms with van der Waals surface area (Å²) in [4.78, 5) is 28.6. The van der Waals surface area contributed by atoms with Crippen LogP contribution in [0.3, 0.4) is 0 Å². The van der Waals surface area contributed by atoms with E-state index in [4.69, 9.17) is 16.3 Å². The van der Waals surface area contributed by atoms with Gasteiger partial charge in [0.05, 0.1) is 11.4 Å². The number of nitrogens with zero attached hydrogens (tertiary/aromatic N) is 3. The van der Waals surface area contributed by atoms with E-state index in [1.165, 1.54) is 30.6 Å². The smallest absolute Gasteiger partial charge is 0.348 e. The molecule has 2 aromatic heterocycles. The molecule has 0 aliphatic carbocycles. The first-order valence-corrected chi connectivity index (χ1v) is 12.7. The maximum atomic E-state index is 12.6. The number of ether oxygens (including phenoxy) is 1. The lowest BCUT2D eigenvalue weighted by molar-refractivity contribution is -0.119. The van der Waals surface area contributed by atoms with Crippen molar-refractivity contribution < 1.29 is 14.3 Å². The molecule has 5 rings (SSSR count). The summed E-state index contributed by atoms with van der Waals surface area (Å²) in [6.45, 7) is 3.66. The van der Waals surface area contributed by atoms with E-state index >= 15 is 0 Å². The molecule has 0 spiro atoms. The molecule has 1 amide bonds. The van der Waals surface area contributed by atoms with Crippen molar-refractivity contribution in [3.05, 3.63) is 70.2 Å². The molecule has 1 fully saturated rings. The highest BCUT2D eigenvalue weighted by atomic mass is 35.5. The molecule has 0 atom stereocenters. The second kappa shape index (κ2) is 10.1. The highest BCUT2D eigenvalue weighted by Gasteiger charge is 2.19. The second-order valence-electron chi connectivity index (χ2n) is 8.52. The quantitative estimate of drug-likeness (QED) is 0.331. The molecule has 2 aromatic carbocycles. The number of benzene rings is 2. The van der Waals surface area contributed by atoms with Gasteiger partial charge in [0.25, 0.3) is 5.91 Å². The van der Waals surface area contributed by atoms with Crippen molar-refractivity contribution in [3.63, 3.8) is 0 Å². The number of fused-ring (bicyclic) bond motifs is 1. The summed E-state index contributed by atoms with van der Waals surface area (Å²) >= 11 is 7.28. The Kier molecular flexibility index (Phi) is 6.74. The van der Waals surface area contributed by atoms with Crippen molar-refractivity contribution in [2.75, 3.05) is 29.9 Å². The molecule has 0 saturated carbocycles. The Morgan fingerprint density at radius 1 is 1.03 bits per heavy atom. The van der Waals surface area contributed by atoms with Gasteiger partial charge in [0.2, 0.25) is 0 Å². The van der Waals surface area contributed by atoms with E-state index in [-0.39, 0.29) is 12.5 Å². The number of anilines is 2. The van der Waals surface area contributed by atoms with Crippen LogP contribution in [-0.4, -0.2) is 41.4 Å². The van der Waals surface area contributed by atoms with E-state index < -0.39 is 5.97 Å². The number of hydrogen-bond donors (Lipinski definition) is 1. The molecule has 4 aromatic rings. The van der Waals surface area contributed by atoms with Crippen LogP contribution in [0, 0.1) is 6.92 Å². The number of carbonyl (C=O) groups excluding carboxylic acids is 2. The van der Waals surface area contributed by atoms with Crippen LogP contribution >= 0.6 is 22.9 Å². The van der Waals surface area contributed by atoms with Gasteiger partial charge >= 0.3 is 5.97 Å². The molecule has 1 saturated heterocycles. The van der Waals surface area contributed by atoms with E-state index in [1.807, 2.05) is 43.3 Å². The standard InChI is InChI=1S/C26H25ClN4O3S/c1-17-22-15-23(35-25(22)31(29-17)21-9-5-18(27)6-10-21)26(33)34-16-24(32)28-19-7-11-20(12-8-19)30-13-3-2-4-14-30/h5-12,15H,2-4,13-14,16H2,1H3,(H,28,32). The summed E-state index contributed by atoms with van der Waals surface area (Å²) in [6.07, 6.45) is 3.70. The first-order valence-electron chi connectivity index (χ1n) is 11.5. The van der Waals surface area contributed by atoms with Gasteiger partial charge in [0, 0.05) is 34.9 Å². The fourth-order valence-corrected chi connectivity index (χ4v) is 5.41. The third-order valence-electron chi connectivity index (χ3n) is 6.02. The van der Waals surface area contributed by atoms with Gasteiger partial charge in [-0.3, -0.25) is 4.79 Å². The molecule has 0 unspecified atom stereocenters. The summed E-state index contributed by atoms with van der Waals surface area (Å²) in [5.41, 5.74) is 3.48. The molecular formula is C26H25ClN4O3S. The third kappa shape index (κ3) is 5.18. The number of hydrogen-bond acceptors (Lipinski definition) is 6.